The Kier molecular flexibility index (Phi) is 3.00. The van der Waals surface area contributed by atoms with Crippen molar-refractivity contribution in [2.75, 3.05) is 0 Å². The first-order valence-electron chi connectivity index (χ1n) is 4.42. The van der Waals surface area contributed by atoms with Gasteiger partial charge >= 0.3 is 0 Å². The van der Waals surface area contributed by atoms with E-state index < -0.39 is 5.91 Å². The van der Waals surface area contributed by atoms with Gasteiger partial charge in [0.25, 0.3) is 0 Å². The summed E-state index contributed by atoms with van der Waals surface area (Å²) in [5, 5.41) is 0. The van der Waals surface area contributed by atoms with Crippen molar-refractivity contribution in [1.82, 2.24) is 0 Å². The predicted molar refractivity (Wildman–Crippen MR) is 61.4 cm³/mol. The van der Waals surface area contributed by atoms with Crippen LogP contribution < -0.4 is 5.73 Å². The quantitative estimate of drug-likeness (QED) is 0.824. The highest BCUT2D eigenvalue weighted by molar-refractivity contribution is 9.10. The van der Waals surface area contributed by atoms with E-state index in [4.69, 9.17) is 5.73 Å². The molecule has 2 nitrogen and oxygen atoms in total. The van der Waals surface area contributed by atoms with Crippen molar-refractivity contribution in [1.29, 1.82) is 0 Å². The largest absolute Gasteiger partial charge is 0.366 e. The van der Waals surface area contributed by atoms with Gasteiger partial charge in [0, 0.05) is 10.0 Å². The summed E-state index contributed by atoms with van der Waals surface area (Å²) < 4.78 is 0.932. The van der Waals surface area contributed by atoms with Crippen LogP contribution in [-0.2, 0) is 5.41 Å². The SMILES string of the molecule is CC(C)(C)c1ccc(C(N)=O)cc1Br. The highest BCUT2D eigenvalue weighted by atomic mass is 79.9. The summed E-state index contributed by atoms with van der Waals surface area (Å²) in [7, 11) is 0. The van der Waals surface area contributed by atoms with Crippen molar-refractivity contribution in [3.8, 4) is 0 Å². The smallest absolute Gasteiger partial charge is 0.248 e. The van der Waals surface area contributed by atoms with Crippen LogP contribution in [0.15, 0.2) is 22.7 Å². The summed E-state index contributed by atoms with van der Waals surface area (Å²) in [5.74, 6) is -0.397. The van der Waals surface area contributed by atoms with E-state index in [2.05, 4.69) is 36.7 Å². The second-order valence-corrected chi connectivity index (χ2v) is 5.16. The Morgan fingerprint density at radius 3 is 2.29 bits per heavy atom. The van der Waals surface area contributed by atoms with Crippen molar-refractivity contribution < 1.29 is 4.79 Å². The highest BCUT2D eigenvalue weighted by Gasteiger charge is 2.17. The van der Waals surface area contributed by atoms with Crippen LogP contribution in [0.1, 0.15) is 36.7 Å². The molecule has 14 heavy (non-hydrogen) atoms. The molecule has 76 valence electrons. The molecule has 0 aliphatic carbocycles. The van der Waals surface area contributed by atoms with Crippen LogP contribution in [0.2, 0.25) is 0 Å². The third-order valence-corrected chi connectivity index (χ3v) is 2.72. The summed E-state index contributed by atoms with van der Waals surface area (Å²) >= 11 is 3.44. The lowest BCUT2D eigenvalue weighted by Gasteiger charge is -2.20. The second-order valence-electron chi connectivity index (χ2n) is 4.31. The number of rotatable bonds is 1. The van der Waals surface area contributed by atoms with E-state index in [1.54, 1.807) is 12.1 Å². The normalized spacial score (nSPS) is 11.4. The Labute approximate surface area is 92.6 Å². The fraction of sp³-hybridized carbons (Fsp3) is 0.364. The van der Waals surface area contributed by atoms with Crippen molar-refractivity contribution in [3.05, 3.63) is 33.8 Å². The zero-order valence-electron chi connectivity index (χ0n) is 8.60. The average molecular weight is 256 g/mol. The summed E-state index contributed by atoms with van der Waals surface area (Å²) in [4.78, 5) is 10.9. The topological polar surface area (TPSA) is 43.1 Å². The minimum Gasteiger partial charge on any atom is -0.366 e. The van der Waals surface area contributed by atoms with E-state index in [1.807, 2.05) is 6.07 Å². The molecule has 0 saturated carbocycles. The Balaban J connectivity index is 3.21. The molecule has 1 rings (SSSR count). The lowest BCUT2D eigenvalue weighted by molar-refractivity contribution is 0.1000. The summed E-state index contributed by atoms with van der Waals surface area (Å²) in [6.45, 7) is 6.37. The number of halogens is 1. The van der Waals surface area contributed by atoms with Crippen LogP contribution in [0.3, 0.4) is 0 Å². The highest BCUT2D eigenvalue weighted by Crippen LogP contribution is 2.30. The number of carbonyl (C=O) groups excluding carboxylic acids is 1. The molecule has 0 spiro atoms. The maximum atomic E-state index is 10.9. The second kappa shape index (κ2) is 3.73. The van der Waals surface area contributed by atoms with E-state index in [0.717, 1.165) is 4.47 Å². The predicted octanol–water partition coefficient (Wildman–Crippen LogP) is 2.85. The van der Waals surface area contributed by atoms with Crippen LogP contribution in [0.25, 0.3) is 0 Å². The summed E-state index contributed by atoms with van der Waals surface area (Å²) in [5.41, 5.74) is 6.95. The molecule has 0 aliphatic heterocycles. The number of carbonyl (C=O) groups is 1. The van der Waals surface area contributed by atoms with Crippen LogP contribution in [-0.4, -0.2) is 5.91 Å². The van der Waals surface area contributed by atoms with Gasteiger partial charge in [-0.25, -0.2) is 0 Å². The van der Waals surface area contributed by atoms with E-state index >= 15 is 0 Å². The molecular weight excluding hydrogens is 242 g/mol. The lowest BCUT2D eigenvalue weighted by Crippen LogP contribution is -2.15. The fourth-order valence-corrected chi connectivity index (χ4v) is 2.25. The summed E-state index contributed by atoms with van der Waals surface area (Å²) in [6, 6.07) is 5.46. The van der Waals surface area contributed by atoms with E-state index in [9.17, 15) is 4.79 Å². The molecule has 0 atom stereocenters. The zero-order chi connectivity index (χ0) is 10.9. The molecule has 2 N–H and O–H groups in total. The zero-order valence-corrected chi connectivity index (χ0v) is 10.2. The van der Waals surface area contributed by atoms with Gasteiger partial charge in [0.15, 0.2) is 0 Å². The number of primary amides is 1. The number of amides is 1. The molecule has 0 aromatic heterocycles. The molecule has 0 radical (unpaired) electrons. The first-order chi connectivity index (χ1) is 6.32. The molecule has 0 aliphatic rings. The molecule has 0 fully saturated rings. The molecule has 1 aromatic rings. The molecule has 1 amide bonds. The number of hydrogen-bond donors (Lipinski definition) is 1. The molecule has 0 bridgehead atoms. The Morgan fingerprint density at radius 2 is 1.93 bits per heavy atom. The van der Waals surface area contributed by atoms with Crippen molar-refractivity contribution >= 4 is 21.8 Å². The molecular formula is C11H14BrNO. The van der Waals surface area contributed by atoms with E-state index in [-0.39, 0.29) is 5.41 Å². The van der Waals surface area contributed by atoms with Gasteiger partial charge < -0.3 is 5.73 Å². The molecule has 1 aromatic carbocycles. The van der Waals surface area contributed by atoms with Crippen LogP contribution in [0, 0.1) is 0 Å². The van der Waals surface area contributed by atoms with Crippen LogP contribution in [0.4, 0.5) is 0 Å². The first kappa shape index (κ1) is 11.2. The number of nitrogens with two attached hydrogens (primary N) is 1. The van der Waals surface area contributed by atoms with Gasteiger partial charge in [-0.05, 0) is 23.1 Å². The maximum Gasteiger partial charge on any atom is 0.248 e. The standard InChI is InChI=1S/C11H14BrNO/c1-11(2,3)8-5-4-7(10(13)14)6-9(8)12/h4-6H,1-3H3,(H2,13,14). The minimum absolute atomic E-state index is 0.0645. The fourth-order valence-electron chi connectivity index (χ4n) is 1.28. The van der Waals surface area contributed by atoms with Gasteiger partial charge in [0.2, 0.25) is 5.91 Å². The van der Waals surface area contributed by atoms with Crippen molar-refractivity contribution in [2.24, 2.45) is 5.73 Å². The Hall–Kier alpha value is -0.830. The summed E-state index contributed by atoms with van der Waals surface area (Å²) in [6.07, 6.45) is 0. The molecule has 3 heteroatoms. The van der Waals surface area contributed by atoms with Crippen LogP contribution >= 0.6 is 15.9 Å². The number of hydrogen-bond acceptors (Lipinski definition) is 1. The Morgan fingerprint density at radius 1 is 1.36 bits per heavy atom. The van der Waals surface area contributed by atoms with Gasteiger partial charge in [-0.1, -0.05) is 42.8 Å². The van der Waals surface area contributed by atoms with Gasteiger partial charge in [0.05, 0.1) is 0 Å². The number of benzene rings is 1. The van der Waals surface area contributed by atoms with Gasteiger partial charge in [-0.2, -0.15) is 0 Å². The third kappa shape index (κ3) is 2.35. The lowest BCUT2D eigenvalue weighted by atomic mass is 9.86. The van der Waals surface area contributed by atoms with Gasteiger partial charge in [-0.3, -0.25) is 4.79 Å². The first-order valence-corrected chi connectivity index (χ1v) is 5.21. The average Bonchev–Trinajstić information content (AvgIpc) is 2.01. The molecule has 0 unspecified atom stereocenters. The molecule has 0 heterocycles. The van der Waals surface area contributed by atoms with Gasteiger partial charge in [0.1, 0.15) is 0 Å². The van der Waals surface area contributed by atoms with Crippen LogP contribution in [0.5, 0.6) is 0 Å². The minimum atomic E-state index is -0.397. The van der Waals surface area contributed by atoms with Crippen molar-refractivity contribution in [2.45, 2.75) is 26.2 Å². The van der Waals surface area contributed by atoms with E-state index in [1.165, 1.54) is 5.56 Å². The van der Waals surface area contributed by atoms with E-state index in [0.29, 0.717) is 5.56 Å². The maximum absolute atomic E-state index is 10.9. The van der Waals surface area contributed by atoms with Gasteiger partial charge in [-0.15, -0.1) is 0 Å². The third-order valence-electron chi connectivity index (χ3n) is 2.06. The monoisotopic (exact) mass is 255 g/mol. The Bertz CT molecular complexity index is 366. The molecule has 0 saturated heterocycles. The van der Waals surface area contributed by atoms with Crippen molar-refractivity contribution in [3.63, 3.8) is 0 Å².